The molecule has 0 aliphatic carbocycles. The van der Waals surface area contributed by atoms with Gasteiger partial charge in [-0.2, -0.15) is 0 Å². The Hall–Kier alpha value is -2.62. The van der Waals surface area contributed by atoms with Crippen LogP contribution in [0.4, 0.5) is 0 Å². The summed E-state index contributed by atoms with van der Waals surface area (Å²) < 4.78 is 7.58. The van der Waals surface area contributed by atoms with E-state index in [1.54, 1.807) is 6.20 Å². The highest BCUT2D eigenvalue weighted by Gasteiger charge is 2.17. The van der Waals surface area contributed by atoms with Gasteiger partial charge in [0.15, 0.2) is 5.82 Å². The lowest BCUT2D eigenvalue weighted by Gasteiger charge is -2.05. The van der Waals surface area contributed by atoms with E-state index < -0.39 is 0 Å². The zero-order valence-corrected chi connectivity index (χ0v) is 12.9. The van der Waals surface area contributed by atoms with Gasteiger partial charge < -0.3 is 4.74 Å². The first-order valence-corrected chi connectivity index (χ1v) is 7.46. The molecule has 2 heterocycles. The summed E-state index contributed by atoms with van der Waals surface area (Å²) in [6, 6.07) is 16.2. The van der Waals surface area contributed by atoms with Gasteiger partial charge in [0.25, 0.3) is 0 Å². The first-order chi connectivity index (χ1) is 10.8. The molecule has 0 amide bonds. The third-order valence-electron chi connectivity index (χ3n) is 3.57. The van der Waals surface area contributed by atoms with Crippen LogP contribution in [0.15, 0.2) is 54.7 Å². The van der Waals surface area contributed by atoms with Gasteiger partial charge >= 0.3 is 0 Å². The predicted octanol–water partition coefficient (Wildman–Crippen LogP) is 3.57. The van der Waals surface area contributed by atoms with Gasteiger partial charge in [0.1, 0.15) is 0 Å². The maximum atomic E-state index is 5.73. The average molecular weight is 293 g/mol. The Morgan fingerprint density at radius 3 is 2.50 bits per heavy atom. The summed E-state index contributed by atoms with van der Waals surface area (Å²) in [6.45, 7) is 4.63. The summed E-state index contributed by atoms with van der Waals surface area (Å²) in [6.07, 6.45) is 2.57. The van der Waals surface area contributed by atoms with Crippen molar-refractivity contribution in [1.29, 1.82) is 0 Å². The molecular formula is C18H19N3O. The van der Waals surface area contributed by atoms with Crippen molar-refractivity contribution in [1.82, 2.24) is 14.8 Å². The standard InChI is InChI=1S/C18H19N3O/c1-3-22-18-16(13-15-9-5-4-6-10-15)14(2)21(20-18)17-11-7-8-12-19-17/h4-12H,3,13H2,1-2H3. The fourth-order valence-corrected chi connectivity index (χ4v) is 2.47. The van der Waals surface area contributed by atoms with Crippen LogP contribution in [-0.2, 0) is 6.42 Å². The van der Waals surface area contributed by atoms with E-state index in [4.69, 9.17) is 4.74 Å². The molecule has 0 fully saturated rings. The minimum Gasteiger partial charge on any atom is -0.477 e. The van der Waals surface area contributed by atoms with Gasteiger partial charge in [-0.15, -0.1) is 5.10 Å². The Kier molecular flexibility index (Phi) is 4.19. The monoisotopic (exact) mass is 293 g/mol. The second-order valence-electron chi connectivity index (χ2n) is 5.06. The van der Waals surface area contributed by atoms with Crippen molar-refractivity contribution in [3.63, 3.8) is 0 Å². The summed E-state index contributed by atoms with van der Waals surface area (Å²) in [5.74, 6) is 1.50. The summed E-state index contributed by atoms with van der Waals surface area (Å²) in [7, 11) is 0. The van der Waals surface area contributed by atoms with Crippen LogP contribution in [0.3, 0.4) is 0 Å². The van der Waals surface area contributed by atoms with Gasteiger partial charge in [-0.05, 0) is 31.5 Å². The normalized spacial score (nSPS) is 10.6. The summed E-state index contributed by atoms with van der Waals surface area (Å²) >= 11 is 0. The second kappa shape index (κ2) is 6.43. The summed E-state index contributed by atoms with van der Waals surface area (Å²) in [5.41, 5.74) is 3.41. The smallest absolute Gasteiger partial charge is 0.237 e. The SMILES string of the molecule is CCOc1nn(-c2ccccn2)c(C)c1Cc1ccccc1. The van der Waals surface area contributed by atoms with E-state index in [1.807, 2.05) is 48.0 Å². The Balaban J connectivity index is 2.03. The Bertz CT molecular complexity index is 736. The van der Waals surface area contributed by atoms with Crippen LogP contribution >= 0.6 is 0 Å². The van der Waals surface area contributed by atoms with Crippen molar-refractivity contribution in [2.75, 3.05) is 6.61 Å². The molecule has 0 unspecified atom stereocenters. The van der Waals surface area contributed by atoms with Gasteiger partial charge in [0.2, 0.25) is 5.88 Å². The Labute approximate surface area is 130 Å². The molecule has 0 N–H and O–H groups in total. The predicted molar refractivity (Wildman–Crippen MR) is 86.5 cm³/mol. The number of pyridine rings is 1. The highest BCUT2D eigenvalue weighted by molar-refractivity contribution is 5.39. The van der Waals surface area contributed by atoms with E-state index in [0.29, 0.717) is 12.5 Å². The highest BCUT2D eigenvalue weighted by Crippen LogP contribution is 2.26. The van der Waals surface area contributed by atoms with Crippen molar-refractivity contribution < 1.29 is 4.74 Å². The third-order valence-corrected chi connectivity index (χ3v) is 3.57. The van der Waals surface area contributed by atoms with Crippen molar-refractivity contribution in [3.05, 3.63) is 71.5 Å². The van der Waals surface area contributed by atoms with Gasteiger partial charge in [-0.25, -0.2) is 9.67 Å². The second-order valence-corrected chi connectivity index (χ2v) is 5.06. The highest BCUT2D eigenvalue weighted by atomic mass is 16.5. The molecule has 0 aliphatic heterocycles. The molecule has 0 spiro atoms. The minimum absolute atomic E-state index is 0.598. The molecule has 2 aromatic heterocycles. The van der Waals surface area contributed by atoms with Gasteiger partial charge in [-0.3, -0.25) is 0 Å². The lowest BCUT2D eigenvalue weighted by molar-refractivity contribution is 0.321. The number of nitrogens with zero attached hydrogens (tertiary/aromatic N) is 3. The van der Waals surface area contributed by atoms with Crippen LogP contribution in [0.5, 0.6) is 5.88 Å². The zero-order chi connectivity index (χ0) is 15.4. The van der Waals surface area contributed by atoms with Gasteiger partial charge in [0.05, 0.1) is 12.3 Å². The van der Waals surface area contributed by atoms with Crippen molar-refractivity contribution in [2.45, 2.75) is 20.3 Å². The maximum absolute atomic E-state index is 5.73. The lowest BCUT2D eigenvalue weighted by atomic mass is 10.1. The van der Waals surface area contributed by atoms with Crippen LogP contribution in [0.25, 0.3) is 5.82 Å². The quantitative estimate of drug-likeness (QED) is 0.722. The molecule has 112 valence electrons. The van der Waals surface area contributed by atoms with Gasteiger partial charge in [-0.1, -0.05) is 36.4 Å². The first kappa shape index (κ1) is 14.3. The van der Waals surface area contributed by atoms with Crippen LogP contribution in [0.1, 0.15) is 23.7 Å². The lowest BCUT2D eigenvalue weighted by Crippen LogP contribution is -2.01. The average Bonchev–Trinajstić information content (AvgIpc) is 2.86. The molecule has 3 aromatic rings. The maximum Gasteiger partial charge on any atom is 0.237 e. The van der Waals surface area contributed by atoms with E-state index in [1.165, 1.54) is 5.56 Å². The number of ether oxygens (including phenoxy) is 1. The molecular weight excluding hydrogens is 274 g/mol. The van der Waals surface area contributed by atoms with E-state index in [9.17, 15) is 0 Å². The van der Waals surface area contributed by atoms with Crippen LogP contribution in [0.2, 0.25) is 0 Å². The molecule has 0 radical (unpaired) electrons. The fraction of sp³-hybridized carbons (Fsp3) is 0.222. The van der Waals surface area contributed by atoms with Gasteiger partial charge in [0, 0.05) is 18.2 Å². The number of aromatic nitrogens is 3. The summed E-state index contributed by atoms with van der Waals surface area (Å²) in [4.78, 5) is 4.38. The fourth-order valence-electron chi connectivity index (χ4n) is 2.47. The topological polar surface area (TPSA) is 39.9 Å². The zero-order valence-electron chi connectivity index (χ0n) is 12.9. The van der Waals surface area contributed by atoms with Crippen LogP contribution in [-0.4, -0.2) is 21.4 Å². The number of hydrogen-bond donors (Lipinski definition) is 0. The van der Waals surface area contributed by atoms with Crippen LogP contribution < -0.4 is 4.74 Å². The first-order valence-electron chi connectivity index (χ1n) is 7.46. The van der Waals surface area contributed by atoms with E-state index in [-0.39, 0.29) is 0 Å². The number of benzene rings is 1. The van der Waals surface area contributed by atoms with E-state index in [2.05, 4.69) is 29.1 Å². The molecule has 4 nitrogen and oxygen atoms in total. The van der Waals surface area contributed by atoms with Crippen molar-refractivity contribution in [3.8, 4) is 11.7 Å². The molecule has 0 atom stereocenters. The summed E-state index contributed by atoms with van der Waals surface area (Å²) in [5, 5.41) is 4.60. The minimum atomic E-state index is 0.598. The van der Waals surface area contributed by atoms with Crippen molar-refractivity contribution >= 4 is 0 Å². The molecule has 4 heteroatoms. The van der Waals surface area contributed by atoms with Crippen LogP contribution in [0, 0.1) is 6.92 Å². The molecule has 22 heavy (non-hydrogen) atoms. The molecule has 0 saturated carbocycles. The molecule has 0 aliphatic rings. The molecule has 0 saturated heterocycles. The van der Waals surface area contributed by atoms with Crippen molar-refractivity contribution in [2.24, 2.45) is 0 Å². The number of hydrogen-bond acceptors (Lipinski definition) is 3. The molecule has 1 aromatic carbocycles. The molecule has 3 rings (SSSR count). The van der Waals surface area contributed by atoms with E-state index >= 15 is 0 Å². The molecule has 0 bridgehead atoms. The number of rotatable bonds is 5. The Morgan fingerprint density at radius 1 is 1.05 bits per heavy atom. The van der Waals surface area contributed by atoms with E-state index in [0.717, 1.165) is 23.5 Å². The third kappa shape index (κ3) is 2.86. The Morgan fingerprint density at radius 2 is 1.82 bits per heavy atom. The largest absolute Gasteiger partial charge is 0.477 e.